The first-order chi connectivity index (χ1) is 17.7. The number of alkyl halides is 1. The summed E-state index contributed by atoms with van der Waals surface area (Å²) in [6, 6.07) is 0.785. The molecule has 0 spiro atoms. The smallest absolute Gasteiger partial charge is 0.316 e. The van der Waals surface area contributed by atoms with Gasteiger partial charge in [0.25, 0.3) is 0 Å². The second-order valence-corrected chi connectivity index (χ2v) is 10.6. The van der Waals surface area contributed by atoms with Gasteiger partial charge in [-0.3, -0.25) is 9.80 Å². The Bertz CT molecular complexity index is 934. The van der Waals surface area contributed by atoms with Crippen LogP contribution in [-0.4, -0.2) is 88.5 Å². The zero-order valence-electron chi connectivity index (χ0n) is 23.2. The molecular weight excluding hydrogens is 475 g/mol. The minimum atomic E-state index is -1.06. The molecule has 0 radical (unpaired) electrons. The van der Waals surface area contributed by atoms with Gasteiger partial charge in [-0.05, 0) is 45.1 Å². The highest BCUT2D eigenvalue weighted by atomic mass is 19.1. The summed E-state index contributed by atoms with van der Waals surface area (Å²) in [7, 11) is 4.96. The van der Waals surface area contributed by atoms with E-state index in [0.717, 1.165) is 56.6 Å². The lowest BCUT2D eigenvalue weighted by molar-refractivity contribution is -0.0896. The Hall–Kier alpha value is -2.43. The normalized spacial score (nSPS) is 22.3. The predicted octanol–water partition coefficient (Wildman–Crippen LogP) is 3.93. The lowest BCUT2D eigenvalue weighted by Gasteiger charge is -2.43. The second-order valence-electron chi connectivity index (χ2n) is 10.6. The molecule has 2 saturated heterocycles. The van der Waals surface area contributed by atoms with Gasteiger partial charge in [-0.2, -0.15) is 0 Å². The van der Waals surface area contributed by atoms with Gasteiger partial charge >= 0.3 is 12.0 Å². The Morgan fingerprint density at radius 3 is 1.70 bits per heavy atom. The number of rotatable bonds is 8. The van der Waals surface area contributed by atoms with Gasteiger partial charge in [0.2, 0.25) is 0 Å². The molecule has 37 heavy (non-hydrogen) atoms. The monoisotopic (exact) mass is 518 g/mol. The maximum atomic E-state index is 13.8. The molecule has 1 unspecified atom stereocenters. The van der Waals surface area contributed by atoms with Crippen molar-refractivity contribution in [3.8, 4) is 12.0 Å². The molecule has 10 heteroatoms. The number of likely N-dealkylation sites (tertiary alicyclic amines) is 2. The van der Waals surface area contributed by atoms with E-state index in [1.807, 2.05) is 19.5 Å². The SMILES string of the molecule is COc1ncc(CN2CCC(OC)(C(C)C)CC2)cn1.COc1ncc(CN2CCCC(C)(F)C2)cn1. The van der Waals surface area contributed by atoms with Gasteiger partial charge in [0.05, 0.1) is 19.8 Å². The number of methoxy groups -OCH3 is 3. The third kappa shape index (κ3) is 8.55. The molecule has 0 amide bonds. The fourth-order valence-electron chi connectivity index (χ4n) is 5.11. The summed E-state index contributed by atoms with van der Waals surface area (Å²) >= 11 is 0. The maximum Gasteiger partial charge on any atom is 0.316 e. The van der Waals surface area contributed by atoms with Crippen LogP contribution in [0.5, 0.6) is 12.0 Å². The van der Waals surface area contributed by atoms with Crippen LogP contribution in [-0.2, 0) is 17.8 Å². The van der Waals surface area contributed by atoms with Crippen molar-refractivity contribution in [3.63, 3.8) is 0 Å². The van der Waals surface area contributed by atoms with E-state index in [0.29, 0.717) is 37.4 Å². The van der Waals surface area contributed by atoms with Crippen molar-refractivity contribution in [2.24, 2.45) is 5.92 Å². The average Bonchev–Trinajstić information content (AvgIpc) is 2.90. The zero-order chi connectivity index (χ0) is 26.9. The van der Waals surface area contributed by atoms with Crippen molar-refractivity contribution >= 4 is 0 Å². The van der Waals surface area contributed by atoms with Gasteiger partial charge in [-0.25, -0.2) is 24.3 Å². The second kappa shape index (κ2) is 13.4. The van der Waals surface area contributed by atoms with Crippen LogP contribution in [0, 0.1) is 5.92 Å². The third-order valence-corrected chi connectivity index (χ3v) is 7.43. The van der Waals surface area contributed by atoms with Crippen LogP contribution >= 0.6 is 0 Å². The molecule has 9 nitrogen and oxygen atoms in total. The Morgan fingerprint density at radius 2 is 1.30 bits per heavy atom. The number of piperidine rings is 2. The molecule has 2 aliphatic rings. The molecule has 4 rings (SSSR count). The van der Waals surface area contributed by atoms with Crippen LogP contribution in [0.2, 0.25) is 0 Å². The first-order valence-electron chi connectivity index (χ1n) is 13.1. The van der Waals surface area contributed by atoms with Crippen LogP contribution in [0.3, 0.4) is 0 Å². The molecule has 0 aliphatic carbocycles. The molecular formula is C27H43FN6O3. The molecule has 0 aromatic carbocycles. The number of halogens is 1. The summed E-state index contributed by atoms with van der Waals surface area (Å²) in [5.41, 5.74) is 1.10. The van der Waals surface area contributed by atoms with E-state index < -0.39 is 5.67 Å². The van der Waals surface area contributed by atoms with Crippen LogP contribution in [0.15, 0.2) is 24.8 Å². The van der Waals surface area contributed by atoms with Crippen LogP contribution < -0.4 is 9.47 Å². The van der Waals surface area contributed by atoms with Gasteiger partial charge < -0.3 is 14.2 Å². The van der Waals surface area contributed by atoms with Gasteiger partial charge in [-0.1, -0.05) is 13.8 Å². The number of nitrogens with zero attached hydrogens (tertiary/aromatic N) is 6. The van der Waals surface area contributed by atoms with Gasteiger partial charge in [0, 0.05) is 75.7 Å². The standard InChI is InChI=1S/C15H25N3O2.C12H18FN3O/c1-12(2)15(20-4)5-7-18(8-6-15)11-13-9-16-14(19-3)17-10-13;1-12(13)4-3-5-16(9-12)8-10-6-14-11(17-2)15-7-10/h9-10,12H,5-8,11H2,1-4H3;6-7H,3-5,8-9H2,1-2H3. The molecule has 0 saturated carbocycles. The van der Waals surface area contributed by atoms with Crippen molar-refractivity contribution in [2.75, 3.05) is 47.5 Å². The van der Waals surface area contributed by atoms with Crippen molar-refractivity contribution in [1.82, 2.24) is 29.7 Å². The molecule has 2 aromatic heterocycles. The largest absolute Gasteiger partial charge is 0.467 e. The maximum absolute atomic E-state index is 13.8. The van der Waals surface area contributed by atoms with Crippen molar-refractivity contribution in [2.45, 2.75) is 70.8 Å². The third-order valence-electron chi connectivity index (χ3n) is 7.43. The van der Waals surface area contributed by atoms with Crippen molar-refractivity contribution < 1.29 is 18.6 Å². The first kappa shape index (κ1) is 29.1. The molecule has 2 fully saturated rings. The number of ether oxygens (including phenoxy) is 3. The van der Waals surface area contributed by atoms with Crippen LogP contribution in [0.4, 0.5) is 4.39 Å². The molecule has 206 valence electrons. The van der Waals surface area contributed by atoms with E-state index in [4.69, 9.17) is 14.2 Å². The Balaban J connectivity index is 0.000000208. The Labute approximate surface area is 220 Å². The van der Waals surface area contributed by atoms with Crippen molar-refractivity contribution in [3.05, 3.63) is 35.9 Å². The van der Waals surface area contributed by atoms with Gasteiger partial charge in [0.1, 0.15) is 5.67 Å². The number of hydrogen-bond acceptors (Lipinski definition) is 9. The zero-order valence-corrected chi connectivity index (χ0v) is 23.2. The highest BCUT2D eigenvalue weighted by Gasteiger charge is 2.37. The minimum Gasteiger partial charge on any atom is -0.467 e. The Morgan fingerprint density at radius 1 is 0.811 bits per heavy atom. The van der Waals surface area contributed by atoms with E-state index in [-0.39, 0.29) is 5.60 Å². The van der Waals surface area contributed by atoms with Crippen LogP contribution in [0.1, 0.15) is 57.6 Å². The minimum absolute atomic E-state index is 0.0485. The lowest BCUT2D eigenvalue weighted by atomic mass is 9.81. The van der Waals surface area contributed by atoms with E-state index in [2.05, 4.69) is 43.6 Å². The number of hydrogen-bond donors (Lipinski definition) is 0. The molecule has 2 aliphatic heterocycles. The summed E-state index contributed by atoms with van der Waals surface area (Å²) in [4.78, 5) is 20.9. The van der Waals surface area contributed by atoms with Crippen molar-refractivity contribution in [1.29, 1.82) is 0 Å². The van der Waals surface area contributed by atoms with E-state index >= 15 is 0 Å². The quantitative estimate of drug-likeness (QED) is 0.516. The number of aromatic nitrogens is 4. The fourth-order valence-corrected chi connectivity index (χ4v) is 5.11. The van der Waals surface area contributed by atoms with E-state index in [1.54, 1.807) is 26.4 Å². The highest BCUT2D eigenvalue weighted by molar-refractivity contribution is 5.08. The molecule has 1 atom stereocenters. The van der Waals surface area contributed by atoms with E-state index in [9.17, 15) is 4.39 Å². The molecule has 0 N–H and O–H groups in total. The summed E-state index contributed by atoms with van der Waals surface area (Å²) in [6.07, 6.45) is 10.9. The fraction of sp³-hybridized carbons (Fsp3) is 0.704. The average molecular weight is 519 g/mol. The summed E-state index contributed by atoms with van der Waals surface area (Å²) in [5, 5.41) is 0. The van der Waals surface area contributed by atoms with E-state index in [1.165, 1.54) is 7.11 Å². The molecule has 4 heterocycles. The Kier molecular flexibility index (Phi) is 10.5. The predicted molar refractivity (Wildman–Crippen MR) is 140 cm³/mol. The topological polar surface area (TPSA) is 85.7 Å². The van der Waals surface area contributed by atoms with Gasteiger partial charge in [0.15, 0.2) is 0 Å². The summed E-state index contributed by atoms with van der Waals surface area (Å²) in [5.74, 6) is 0.555. The summed E-state index contributed by atoms with van der Waals surface area (Å²) in [6.45, 7) is 11.3. The first-order valence-corrected chi connectivity index (χ1v) is 13.1. The highest BCUT2D eigenvalue weighted by Crippen LogP contribution is 2.33. The molecule has 0 bridgehead atoms. The van der Waals surface area contributed by atoms with Gasteiger partial charge in [-0.15, -0.1) is 0 Å². The summed E-state index contributed by atoms with van der Waals surface area (Å²) < 4.78 is 29.5. The molecule has 2 aromatic rings. The lowest BCUT2D eigenvalue weighted by Crippen LogP contribution is -2.48. The van der Waals surface area contributed by atoms with Crippen LogP contribution in [0.25, 0.3) is 0 Å².